The first-order valence-electron chi connectivity index (χ1n) is 8.68. The molecule has 1 saturated heterocycles. The molecule has 0 spiro atoms. The molecule has 2 fully saturated rings. The molecule has 19 heavy (non-hydrogen) atoms. The second-order valence-electron chi connectivity index (χ2n) is 7.09. The van der Waals surface area contributed by atoms with Crippen molar-refractivity contribution in [3.05, 3.63) is 0 Å². The van der Waals surface area contributed by atoms with Crippen LogP contribution < -0.4 is 5.32 Å². The molecule has 2 nitrogen and oxygen atoms in total. The lowest BCUT2D eigenvalue weighted by Gasteiger charge is -2.40. The minimum atomic E-state index is 0.746. The van der Waals surface area contributed by atoms with Gasteiger partial charge in [0, 0.05) is 25.2 Å². The van der Waals surface area contributed by atoms with Gasteiger partial charge >= 0.3 is 0 Å². The molecule has 2 heteroatoms. The van der Waals surface area contributed by atoms with Crippen LogP contribution in [-0.4, -0.2) is 36.6 Å². The summed E-state index contributed by atoms with van der Waals surface area (Å²) >= 11 is 0. The molecule has 1 aliphatic heterocycles. The standard InChI is InChI=1S/C17H34N2/c1-4-11-18-17(16-7-5-6-8-16)13-19-12-14(2)9-10-15(19)3/h14-18H,4-13H2,1-3H3. The molecule has 1 N–H and O–H groups in total. The lowest BCUT2D eigenvalue weighted by Crippen LogP contribution is -2.50. The summed E-state index contributed by atoms with van der Waals surface area (Å²) < 4.78 is 0. The molecule has 0 aromatic heterocycles. The molecule has 0 aromatic carbocycles. The van der Waals surface area contributed by atoms with Crippen molar-refractivity contribution in [1.29, 1.82) is 0 Å². The van der Waals surface area contributed by atoms with E-state index in [1.807, 2.05) is 0 Å². The molecule has 1 heterocycles. The first-order chi connectivity index (χ1) is 9.20. The van der Waals surface area contributed by atoms with Crippen molar-refractivity contribution < 1.29 is 0 Å². The first kappa shape index (κ1) is 15.3. The normalized spacial score (nSPS) is 31.7. The smallest absolute Gasteiger partial charge is 0.0223 e. The Labute approximate surface area is 120 Å². The van der Waals surface area contributed by atoms with Crippen molar-refractivity contribution in [2.45, 2.75) is 77.8 Å². The molecular formula is C17H34N2. The number of rotatable bonds is 6. The van der Waals surface area contributed by atoms with Crippen LogP contribution in [0, 0.1) is 11.8 Å². The maximum absolute atomic E-state index is 3.85. The van der Waals surface area contributed by atoms with Gasteiger partial charge in [-0.05, 0) is 57.4 Å². The van der Waals surface area contributed by atoms with Gasteiger partial charge in [-0.2, -0.15) is 0 Å². The molecule has 2 rings (SSSR count). The van der Waals surface area contributed by atoms with Crippen LogP contribution in [0.1, 0.15) is 65.7 Å². The molecule has 0 amide bonds. The Bertz CT molecular complexity index is 248. The highest BCUT2D eigenvalue weighted by Gasteiger charge is 2.30. The third-order valence-electron chi connectivity index (χ3n) is 5.30. The third-order valence-corrected chi connectivity index (χ3v) is 5.30. The lowest BCUT2D eigenvalue weighted by molar-refractivity contribution is 0.101. The van der Waals surface area contributed by atoms with Crippen LogP contribution in [-0.2, 0) is 0 Å². The minimum Gasteiger partial charge on any atom is -0.312 e. The zero-order valence-corrected chi connectivity index (χ0v) is 13.3. The van der Waals surface area contributed by atoms with Crippen LogP contribution in [0.5, 0.6) is 0 Å². The minimum absolute atomic E-state index is 0.746. The number of likely N-dealkylation sites (tertiary alicyclic amines) is 1. The maximum Gasteiger partial charge on any atom is 0.0223 e. The summed E-state index contributed by atoms with van der Waals surface area (Å²) in [6.45, 7) is 10.9. The zero-order chi connectivity index (χ0) is 13.7. The number of hydrogen-bond acceptors (Lipinski definition) is 2. The van der Waals surface area contributed by atoms with Crippen LogP contribution in [0.2, 0.25) is 0 Å². The average molecular weight is 266 g/mol. The number of hydrogen-bond donors (Lipinski definition) is 1. The highest BCUT2D eigenvalue weighted by Crippen LogP contribution is 2.30. The maximum atomic E-state index is 3.85. The van der Waals surface area contributed by atoms with E-state index in [0.717, 1.165) is 23.9 Å². The molecule has 3 unspecified atom stereocenters. The van der Waals surface area contributed by atoms with Crippen LogP contribution >= 0.6 is 0 Å². The molecule has 0 aromatic rings. The van der Waals surface area contributed by atoms with Crippen LogP contribution in [0.15, 0.2) is 0 Å². The Balaban J connectivity index is 1.89. The largest absolute Gasteiger partial charge is 0.312 e. The summed E-state index contributed by atoms with van der Waals surface area (Å²) in [5.41, 5.74) is 0. The van der Waals surface area contributed by atoms with E-state index in [4.69, 9.17) is 0 Å². The van der Waals surface area contributed by atoms with Gasteiger partial charge in [0.15, 0.2) is 0 Å². The van der Waals surface area contributed by atoms with Crippen LogP contribution in [0.25, 0.3) is 0 Å². The molecule has 2 aliphatic rings. The fraction of sp³-hybridized carbons (Fsp3) is 1.00. The summed E-state index contributed by atoms with van der Waals surface area (Å²) in [6.07, 6.45) is 9.91. The van der Waals surface area contributed by atoms with Crippen molar-refractivity contribution in [3.8, 4) is 0 Å². The Hall–Kier alpha value is -0.0800. The van der Waals surface area contributed by atoms with Gasteiger partial charge in [0.05, 0.1) is 0 Å². The summed E-state index contributed by atoms with van der Waals surface area (Å²) in [4.78, 5) is 2.76. The summed E-state index contributed by atoms with van der Waals surface area (Å²) in [6, 6.07) is 1.54. The highest BCUT2D eigenvalue weighted by molar-refractivity contribution is 4.86. The van der Waals surface area contributed by atoms with Crippen molar-refractivity contribution in [1.82, 2.24) is 10.2 Å². The Morgan fingerprint density at radius 2 is 1.84 bits per heavy atom. The monoisotopic (exact) mass is 266 g/mol. The van der Waals surface area contributed by atoms with Gasteiger partial charge in [-0.1, -0.05) is 26.7 Å². The molecule has 112 valence electrons. The van der Waals surface area contributed by atoms with Gasteiger partial charge in [-0.15, -0.1) is 0 Å². The second-order valence-corrected chi connectivity index (χ2v) is 7.09. The summed E-state index contributed by atoms with van der Waals surface area (Å²) in [5.74, 6) is 1.84. The topological polar surface area (TPSA) is 15.3 Å². The number of nitrogens with one attached hydrogen (secondary N) is 1. The van der Waals surface area contributed by atoms with E-state index >= 15 is 0 Å². The zero-order valence-electron chi connectivity index (χ0n) is 13.3. The predicted octanol–water partition coefficient (Wildman–Crippen LogP) is 3.67. The van der Waals surface area contributed by atoms with E-state index in [-0.39, 0.29) is 0 Å². The quantitative estimate of drug-likeness (QED) is 0.789. The Morgan fingerprint density at radius 1 is 1.11 bits per heavy atom. The van der Waals surface area contributed by atoms with Gasteiger partial charge in [0.2, 0.25) is 0 Å². The van der Waals surface area contributed by atoms with Gasteiger partial charge in [0.1, 0.15) is 0 Å². The molecule has 0 bridgehead atoms. The molecule has 0 radical (unpaired) electrons. The number of nitrogens with zero attached hydrogens (tertiary/aromatic N) is 1. The van der Waals surface area contributed by atoms with Gasteiger partial charge in [-0.3, -0.25) is 4.90 Å². The third kappa shape index (κ3) is 4.46. The van der Waals surface area contributed by atoms with E-state index < -0.39 is 0 Å². The molecule has 1 saturated carbocycles. The predicted molar refractivity (Wildman–Crippen MR) is 83.5 cm³/mol. The van der Waals surface area contributed by atoms with E-state index in [2.05, 4.69) is 31.0 Å². The van der Waals surface area contributed by atoms with Crippen molar-refractivity contribution in [2.24, 2.45) is 11.8 Å². The molecule has 1 aliphatic carbocycles. The average Bonchev–Trinajstić information content (AvgIpc) is 2.92. The fourth-order valence-electron chi connectivity index (χ4n) is 3.96. The van der Waals surface area contributed by atoms with E-state index in [0.29, 0.717) is 0 Å². The van der Waals surface area contributed by atoms with E-state index in [1.54, 1.807) is 0 Å². The Morgan fingerprint density at radius 3 is 2.53 bits per heavy atom. The van der Waals surface area contributed by atoms with E-state index in [9.17, 15) is 0 Å². The van der Waals surface area contributed by atoms with E-state index in [1.165, 1.54) is 64.6 Å². The highest BCUT2D eigenvalue weighted by atomic mass is 15.2. The van der Waals surface area contributed by atoms with Gasteiger partial charge in [0.25, 0.3) is 0 Å². The SMILES string of the molecule is CCCNC(CN1CC(C)CCC1C)C1CCCC1. The van der Waals surface area contributed by atoms with Crippen LogP contribution in [0.4, 0.5) is 0 Å². The summed E-state index contributed by atoms with van der Waals surface area (Å²) in [7, 11) is 0. The van der Waals surface area contributed by atoms with Crippen molar-refractivity contribution >= 4 is 0 Å². The Kier molecular flexibility index (Phi) is 6.15. The van der Waals surface area contributed by atoms with Crippen molar-refractivity contribution in [3.63, 3.8) is 0 Å². The van der Waals surface area contributed by atoms with Gasteiger partial charge < -0.3 is 5.32 Å². The lowest BCUT2D eigenvalue weighted by atomic mass is 9.92. The molecular weight excluding hydrogens is 232 g/mol. The van der Waals surface area contributed by atoms with Crippen molar-refractivity contribution in [2.75, 3.05) is 19.6 Å². The molecule has 3 atom stereocenters. The fourth-order valence-corrected chi connectivity index (χ4v) is 3.96. The van der Waals surface area contributed by atoms with Crippen LogP contribution in [0.3, 0.4) is 0 Å². The first-order valence-corrected chi connectivity index (χ1v) is 8.68. The second kappa shape index (κ2) is 7.64. The summed E-state index contributed by atoms with van der Waals surface area (Å²) in [5, 5.41) is 3.85. The van der Waals surface area contributed by atoms with Gasteiger partial charge in [-0.25, -0.2) is 0 Å². The number of piperidine rings is 1.